The van der Waals surface area contributed by atoms with Gasteiger partial charge in [-0.3, -0.25) is 24.2 Å². The summed E-state index contributed by atoms with van der Waals surface area (Å²) in [5.41, 5.74) is 3.30. The number of rotatable bonds is 2. The maximum Gasteiger partial charge on any atom is 0.325 e. The molecule has 0 saturated carbocycles. The summed E-state index contributed by atoms with van der Waals surface area (Å²) in [5, 5.41) is 18.9. The lowest BCUT2D eigenvalue weighted by atomic mass is 9.88. The molecule has 2 aromatic rings. The van der Waals surface area contributed by atoms with Gasteiger partial charge in [-0.15, -0.1) is 0 Å². The molecule has 220 valence electrons. The van der Waals surface area contributed by atoms with E-state index >= 15 is 0 Å². The van der Waals surface area contributed by atoms with Gasteiger partial charge in [-0.05, 0) is 73.6 Å². The minimum Gasteiger partial charge on any atom is -0.457 e. The van der Waals surface area contributed by atoms with Crippen LogP contribution >= 0.6 is 0 Å². The van der Waals surface area contributed by atoms with Crippen molar-refractivity contribution in [3.8, 4) is 0 Å². The molecule has 2 aliphatic rings. The molecule has 2 aliphatic heterocycles. The van der Waals surface area contributed by atoms with Crippen LogP contribution in [-0.2, 0) is 23.9 Å². The van der Waals surface area contributed by atoms with Gasteiger partial charge in [-0.2, -0.15) is 0 Å². The number of aliphatic hydroxyl groups excluding tert-OH is 1. The Morgan fingerprint density at radius 3 is 2.49 bits per heavy atom. The molecule has 0 spiro atoms. The molecule has 0 radical (unpaired) electrons. The van der Waals surface area contributed by atoms with Crippen LogP contribution in [0, 0.1) is 11.3 Å². The minimum atomic E-state index is -1.31. The summed E-state index contributed by atoms with van der Waals surface area (Å²) in [4.78, 5) is 52.9. The van der Waals surface area contributed by atoms with Crippen LogP contribution in [0.15, 0.2) is 42.5 Å². The van der Waals surface area contributed by atoms with Crippen LogP contribution in [0.25, 0.3) is 16.8 Å². The summed E-state index contributed by atoms with van der Waals surface area (Å²) in [5.74, 6) is -2.19. The highest BCUT2D eigenvalue weighted by Crippen LogP contribution is 2.27. The molecule has 1 fully saturated rings. The predicted octanol–water partition coefficient (Wildman–Crippen LogP) is 2.61. The van der Waals surface area contributed by atoms with E-state index in [1.807, 2.05) is 36.4 Å². The van der Waals surface area contributed by atoms with Gasteiger partial charge in [0.05, 0.1) is 12.0 Å². The van der Waals surface area contributed by atoms with Crippen molar-refractivity contribution < 1.29 is 29.0 Å². The fraction of sp³-hybridized carbons (Fsp3) is 0.484. The number of nitrogens with zero attached hydrogens (tertiary/aromatic N) is 1. The Bertz CT molecular complexity index is 1360. The van der Waals surface area contributed by atoms with E-state index in [0.29, 0.717) is 19.4 Å². The quantitative estimate of drug-likeness (QED) is 0.412. The first-order chi connectivity index (χ1) is 19.4. The molecule has 0 aromatic heterocycles. The average molecular weight is 565 g/mol. The Hall–Kier alpha value is -3.76. The predicted molar refractivity (Wildman–Crippen MR) is 155 cm³/mol. The van der Waals surface area contributed by atoms with Gasteiger partial charge < -0.3 is 20.5 Å². The number of carbonyl (C=O) groups excluding carboxylic acids is 4. The zero-order chi connectivity index (χ0) is 29.9. The minimum absolute atomic E-state index is 0.293. The van der Waals surface area contributed by atoms with E-state index in [9.17, 15) is 24.3 Å². The number of ether oxygens (including phenoxy) is 1. The van der Waals surface area contributed by atoms with Crippen LogP contribution in [-0.4, -0.2) is 65.1 Å². The Labute approximate surface area is 240 Å². The molecule has 10 heteroatoms. The molecule has 1 saturated heterocycles. The van der Waals surface area contributed by atoms with Gasteiger partial charge in [0, 0.05) is 6.54 Å². The maximum atomic E-state index is 13.4. The van der Waals surface area contributed by atoms with Gasteiger partial charge in [-0.25, -0.2) is 5.43 Å². The van der Waals surface area contributed by atoms with Gasteiger partial charge in [0.15, 0.2) is 0 Å². The SMILES string of the molecule is CC(C)C1NC(=O)[C@@](C)(CO)/C=C/c2ccc3ccc(cc3c2)[C@@H](C)OC(=O)[C@@H]2CCCN(N2)C(=O)[C@H](C)NC1=O. The van der Waals surface area contributed by atoms with E-state index in [2.05, 4.69) is 16.1 Å². The molecule has 41 heavy (non-hydrogen) atoms. The number of hydrazine groups is 1. The maximum absolute atomic E-state index is 13.4. The average Bonchev–Trinajstić information content (AvgIpc) is 2.96. The lowest BCUT2D eigenvalue weighted by molar-refractivity contribution is -0.157. The molecule has 3 amide bonds. The number of cyclic esters (lactones) is 1. The third-order valence-electron chi connectivity index (χ3n) is 7.84. The lowest BCUT2D eigenvalue weighted by Crippen LogP contribution is -2.61. The molecular formula is C31H40N4O6. The van der Waals surface area contributed by atoms with Gasteiger partial charge in [0.25, 0.3) is 5.91 Å². The summed E-state index contributed by atoms with van der Waals surface area (Å²) < 4.78 is 5.80. The highest BCUT2D eigenvalue weighted by Gasteiger charge is 2.36. The van der Waals surface area contributed by atoms with Gasteiger partial charge in [0.1, 0.15) is 24.2 Å². The molecule has 0 aliphatic carbocycles. The van der Waals surface area contributed by atoms with Crippen molar-refractivity contribution >= 4 is 40.5 Å². The Balaban J connectivity index is 1.72. The zero-order valence-electron chi connectivity index (χ0n) is 24.3. The second kappa shape index (κ2) is 12.4. The van der Waals surface area contributed by atoms with Crippen LogP contribution in [0.2, 0.25) is 0 Å². The van der Waals surface area contributed by atoms with E-state index in [4.69, 9.17) is 4.74 Å². The number of fused-ring (bicyclic) bond motifs is 4. The van der Waals surface area contributed by atoms with Crippen LogP contribution in [0.1, 0.15) is 64.7 Å². The van der Waals surface area contributed by atoms with Gasteiger partial charge >= 0.3 is 5.97 Å². The molecule has 1 unspecified atom stereocenters. The monoisotopic (exact) mass is 564 g/mol. The summed E-state index contributed by atoms with van der Waals surface area (Å²) in [6.07, 6.45) is 3.96. The first-order valence-corrected chi connectivity index (χ1v) is 14.1. The van der Waals surface area contributed by atoms with Crippen LogP contribution < -0.4 is 16.1 Å². The summed E-state index contributed by atoms with van der Waals surface area (Å²) in [6, 6.07) is 9.10. The number of aliphatic hydroxyl groups is 1. The molecule has 4 rings (SSSR count). The van der Waals surface area contributed by atoms with Crippen molar-refractivity contribution in [1.29, 1.82) is 0 Å². The summed E-state index contributed by atoms with van der Waals surface area (Å²) in [7, 11) is 0. The normalized spacial score (nSPS) is 29.2. The Morgan fingerprint density at radius 2 is 1.78 bits per heavy atom. The first kappa shape index (κ1) is 30.2. The second-order valence-corrected chi connectivity index (χ2v) is 11.6. The number of nitrogens with one attached hydrogen (secondary N) is 3. The first-order valence-electron chi connectivity index (χ1n) is 14.1. The fourth-order valence-corrected chi connectivity index (χ4v) is 5.00. The second-order valence-electron chi connectivity index (χ2n) is 11.6. The molecule has 5 atom stereocenters. The van der Waals surface area contributed by atoms with Crippen molar-refractivity contribution in [3.05, 3.63) is 53.6 Å². The Kier molecular flexibility index (Phi) is 9.14. The van der Waals surface area contributed by atoms with Crippen LogP contribution in [0.4, 0.5) is 0 Å². The van der Waals surface area contributed by atoms with Crippen molar-refractivity contribution in [3.63, 3.8) is 0 Å². The Morgan fingerprint density at radius 1 is 1.05 bits per heavy atom. The van der Waals surface area contributed by atoms with Crippen molar-refractivity contribution in [2.45, 2.75) is 71.7 Å². The smallest absolute Gasteiger partial charge is 0.325 e. The molecule has 2 heterocycles. The number of benzene rings is 2. The fourth-order valence-electron chi connectivity index (χ4n) is 5.00. The molecule has 5 bridgehead atoms. The summed E-state index contributed by atoms with van der Waals surface area (Å²) >= 11 is 0. The topological polar surface area (TPSA) is 137 Å². The lowest BCUT2D eigenvalue weighted by Gasteiger charge is -2.35. The van der Waals surface area contributed by atoms with Gasteiger partial charge in [0.2, 0.25) is 11.8 Å². The molecule has 4 N–H and O–H groups in total. The van der Waals surface area contributed by atoms with E-state index in [-0.39, 0.29) is 5.92 Å². The molecule has 2 aromatic carbocycles. The van der Waals surface area contributed by atoms with Crippen LogP contribution in [0.3, 0.4) is 0 Å². The molecule has 10 nitrogen and oxygen atoms in total. The van der Waals surface area contributed by atoms with Crippen molar-refractivity contribution in [1.82, 2.24) is 21.1 Å². The van der Waals surface area contributed by atoms with Crippen molar-refractivity contribution in [2.24, 2.45) is 11.3 Å². The standard InChI is InChI=1S/C31H40N4O6/c1-18(2)26-27(37)32-19(3)28(38)35-14-6-7-25(34-35)29(39)41-20(4)23-11-10-22-9-8-21(15-24(22)16-23)12-13-31(5,17-36)30(40)33-26/h8-13,15-16,18-20,25-26,34,36H,6-7,14,17H2,1-5H3,(H,32,37)(H,33,40)/b13-12+/t19-,20+,25-,26?,31+/m0/s1. The van der Waals surface area contributed by atoms with E-state index in [1.54, 1.807) is 46.8 Å². The highest BCUT2D eigenvalue weighted by atomic mass is 16.5. The number of esters is 1. The summed E-state index contributed by atoms with van der Waals surface area (Å²) in [6.45, 7) is 8.44. The largest absolute Gasteiger partial charge is 0.457 e. The van der Waals surface area contributed by atoms with E-state index in [0.717, 1.165) is 21.9 Å². The number of carbonyl (C=O) groups is 4. The third-order valence-corrected chi connectivity index (χ3v) is 7.84. The number of amides is 3. The zero-order valence-corrected chi connectivity index (χ0v) is 24.3. The van der Waals surface area contributed by atoms with E-state index in [1.165, 1.54) is 5.01 Å². The van der Waals surface area contributed by atoms with E-state index < -0.39 is 59.9 Å². The van der Waals surface area contributed by atoms with Crippen LogP contribution in [0.5, 0.6) is 0 Å². The van der Waals surface area contributed by atoms with Gasteiger partial charge in [-0.1, -0.05) is 50.3 Å². The third kappa shape index (κ3) is 6.77. The number of hydrogen-bond donors (Lipinski definition) is 4. The molecular weight excluding hydrogens is 524 g/mol. The van der Waals surface area contributed by atoms with Crippen molar-refractivity contribution in [2.75, 3.05) is 13.2 Å². The number of hydrogen-bond acceptors (Lipinski definition) is 7. The highest BCUT2D eigenvalue weighted by molar-refractivity contribution is 5.94.